The average molecular weight is 150 g/mol. The predicted octanol–water partition coefficient (Wildman–Crippen LogP) is -0.318. The molecule has 0 spiro atoms. The van der Waals surface area contributed by atoms with Crippen LogP contribution < -0.4 is 5.11 Å². The number of hydrogen-bond donors (Lipinski definition) is 0. The Morgan fingerprint density at radius 2 is 2.36 bits per heavy atom. The molecular weight excluding hydrogens is 142 g/mol. The van der Waals surface area contributed by atoms with Crippen LogP contribution in [0.15, 0.2) is 18.3 Å². The molecule has 1 aromatic heterocycles. The highest BCUT2D eigenvalue weighted by molar-refractivity contribution is 5.67. The van der Waals surface area contributed by atoms with E-state index in [0.29, 0.717) is 5.69 Å². The van der Waals surface area contributed by atoms with Gasteiger partial charge in [-0.05, 0) is 18.6 Å². The van der Waals surface area contributed by atoms with Crippen molar-refractivity contribution in [1.82, 2.24) is 4.98 Å². The van der Waals surface area contributed by atoms with Crippen LogP contribution in [0.4, 0.5) is 0 Å². The molecule has 0 aliphatic carbocycles. The number of rotatable bonds is 2. The zero-order valence-electron chi connectivity index (χ0n) is 6.20. The third kappa shape index (κ3) is 2.37. The quantitative estimate of drug-likeness (QED) is 0.580. The minimum absolute atomic E-state index is 0.111. The first kappa shape index (κ1) is 7.72. The number of aryl methyl sites for hydroxylation is 1. The highest BCUT2D eigenvalue weighted by Gasteiger charge is 1.92. The molecule has 0 N–H and O–H groups in total. The van der Waals surface area contributed by atoms with Crippen LogP contribution in [0.5, 0.6) is 0 Å². The average Bonchev–Trinajstić information content (AvgIpc) is 1.93. The summed E-state index contributed by atoms with van der Waals surface area (Å²) in [6, 6.07) is 3.51. The molecule has 0 aliphatic heterocycles. The number of carboxylic acids is 1. The number of carbonyl (C=O) groups is 1. The molecule has 0 amide bonds. The molecule has 0 saturated heterocycles. The number of carbonyl (C=O) groups excluding carboxylic acids is 1. The lowest BCUT2D eigenvalue weighted by Gasteiger charge is -2.00. The molecular formula is C8H8NO2-. The molecule has 3 nitrogen and oxygen atoms in total. The van der Waals surface area contributed by atoms with Gasteiger partial charge in [-0.25, -0.2) is 0 Å². The zero-order valence-corrected chi connectivity index (χ0v) is 6.20. The van der Waals surface area contributed by atoms with E-state index in [0.717, 1.165) is 5.56 Å². The Balaban J connectivity index is 2.74. The van der Waals surface area contributed by atoms with E-state index in [1.165, 1.54) is 0 Å². The third-order valence-electron chi connectivity index (χ3n) is 1.30. The number of aliphatic carboxylic acids is 1. The first-order chi connectivity index (χ1) is 5.18. The van der Waals surface area contributed by atoms with E-state index < -0.39 is 5.97 Å². The van der Waals surface area contributed by atoms with Crippen molar-refractivity contribution in [2.75, 3.05) is 0 Å². The fourth-order valence-electron chi connectivity index (χ4n) is 0.751. The maximum atomic E-state index is 10.1. The summed E-state index contributed by atoms with van der Waals surface area (Å²) in [6.45, 7) is 1.90. The van der Waals surface area contributed by atoms with Crippen molar-refractivity contribution in [1.29, 1.82) is 0 Å². The van der Waals surface area contributed by atoms with Gasteiger partial charge < -0.3 is 9.90 Å². The molecule has 1 heterocycles. The Morgan fingerprint density at radius 1 is 1.64 bits per heavy atom. The number of pyridine rings is 1. The summed E-state index contributed by atoms with van der Waals surface area (Å²) in [7, 11) is 0. The normalized spacial score (nSPS) is 9.55. The lowest BCUT2D eigenvalue weighted by molar-refractivity contribution is -0.304. The molecule has 0 radical (unpaired) electrons. The maximum absolute atomic E-state index is 10.1. The molecule has 0 atom stereocenters. The van der Waals surface area contributed by atoms with Crippen molar-refractivity contribution < 1.29 is 9.90 Å². The molecule has 58 valence electrons. The van der Waals surface area contributed by atoms with Crippen molar-refractivity contribution in [3.8, 4) is 0 Å². The van der Waals surface area contributed by atoms with Gasteiger partial charge in [-0.3, -0.25) is 4.98 Å². The third-order valence-corrected chi connectivity index (χ3v) is 1.30. The van der Waals surface area contributed by atoms with E-state index in [4.69, 9.17) is 0 Å². The van der Waals surface area contributed by atoms with Crippen molar-refractivity contribution in [2.45, 2.75) is 13.3 Å². The zero-order chi connectivity index (χ0) is 8.27. The summed E-state index contributed by atoms with van der Waals surface area (Å²) in [5, 5.41) is 10.1. The van der Waals surface area contributed by atoms with Crippen molar-refractivity contribution in [2.24, 2.45) is 0 Å². The molecule has 0 aromatic carbocycles. The Bertz CT molecular complexity index is 253. The lowest BCUT2D eigenvalue weighted by atomic mass is 10.2. The summed E-state index contributed by atoms with van der Waals surface area (Å²) in [4.78, 5) is 14.0. The van der Waals surface area contributed by atoms with E-state index in [9.17, 15) is 9.90 Å². The fourth-order valence-corrected chi connectivity index (χ4v) is 0.751. The van der Waals surface area contributed by atoms with Crippen LogP contribution in [0, 0.1) is 6.92 Å². The monoisotopic (exact) mass is 150 g/mol. The summed E-state index contributed by atoms with van der Waals surface area (Å²) in [5.41, 5.74) is 1.56. The molecule has 11 heavy (non-hydrogen) atoms. The van der Waals surface area contributed by atoms with Crippen molar-refractivity contribution in [3.05, 3.63) is 29.6 Å². The van der Waals surface area contributed by atoms with Gasteiger partial charge in [0.2, 0.25) is 0 Å². The van der Waals surface area contributed by atoms with Crippen LogP contribution in [-0.4, -0.2) is 11.0 Å². The topological polar surface area (TPSA) is 53.0 Å². The molecule has 0 bridgehead atoms. The highest BCUT2D eigenvalue weighted by Crippen LogP contribution is 1.98. The van der Waals surface area contributed by atoms with Crippen molar-refractivity contribution >= 4 is 5.97 Å². The first-order valence-electron chi connectivity index (χ1n) is 3.30. The van der Waals surface area contributed by atoms with Crippen LogP contribution in [0.1, 0.15) is 11.3 Å². The minimum atomic E-state index is -1.10. The molecule has 3 heteroatoms. The van der Waals surface area contributed by atoms with E-state index in [2.05, 4.69) is 4.98 Å². The van der Waals surface area contributed by atoms with E-state index in [-0.39, 0.29) is 6.42 Å². The van der Waals surface area contributed by atoms with Gasteiger partial charge in [0.05, 0.1) is 0 Å². The summed E-state index contributed by atoms with van der Waals surface area (Å²) >= 11 is 0. The summed E-state index contributed by atoms with van der Waals surface area (Å²) in [6.07, 6.45) is 1.53. The second-order valence-electron chi connectivity index (χ2n) is 2.38. The van der Waals surface area contributed by atoms with Gasteiger partial charge in [0, 0.05) is 24.3 Å². The van der Waals surface area contributed by atoms with Crippen LogP contribution in [-0.2, 0) is 11.2 Å². The van der Waals surface area contributed by atoms with Gasteiger partial charge in [-0.1, -0.05) is 6.07 Å². The molecule has 0 unspecified atom stereocenters. The largest absolute Gasteiger partial charge is 0.550 e. The van der Waals surface area contributed by atoms with Crippen LogP contribution in [0.2, 0.25) is 0 Å². The van der Waals surface area contributed by atoms with Gasteiger partial charge in [0.1, 0.15) is 0 Å². The fraction of sp³-hybridized carbons (Fsp3) is 0.250. The van der Waals surface area contributed by atoms with Crippen LogP contribution in [0.3, 0.4) is 0 Å². The maximum Gasteiger partial charge on any atom is 0.0473 e. The first-order valence-corrected chi connectivity index (χ1v) is 3.30. The number of aromatic nitrogens is 1. The SMILES string of the molecule is Cc1ccc(CC(=O)[O-])nc1. The Morgan fingerprint density at radius 3 is 2.82 bits per heavy atom. The van der Waals surface area contributed by atoms with Gasteiger partial charge >= 0.3 is 0 Å². The number of carboxylic acid groups (broad SMARTS) is 1. The smallest absolute Gasteiger partial charge is 0.0473 e. The number of nitrogens with zero attached hydrogens (tertiary/aromatic N) is 1. The second kappa shape index (κ2) is 3.14. The van der Waals surface area contributed by atoms with Gasteiger partial charge in [0.25, 0.3) is 0 Å². The molecule has 1 aromatic rings. The standard InChI is InChI=1S/C8H9NO2/c1-6-2-3-7(9-5-6)4-8(10)11/h2-3,5H,4H2,1H3,(H,10,11)/p-1. The molecule has 0 fully saturated rings. The van der Waals surface area contributed by atoms with Crippen molar-refractivity contribution in [3.63, 3.8) is 0 Å². The molecule has 0 saturated carbocycles. The number of hydrogen-bond acceptors (Lipinski definition) is 3. The highest BCUT2D eigenvalue weighted by atomic mass is 16.4. The second-order valence-corrected chi connectivity index (χ2v) is 2.38. The summed E-state index contributed by atoms with van der Waals surface area (Å²) < 4.78 is 0. The van der Waals surface area contributed by atoms with Gasteiger partial charge in [0.15, 0.2) is 0 Å². The van der Waals surface area contributed by atoms with Gasteiger partial charge in [-0.15, -0.1) is 0 Å². The Labute approximate surface area is 64.7 Å². The molecule has 1 rings (SSSR count). The minimum Gasteiger partial charge on any atom is -0.550 e. The Kier molecular flexibility index (Phi) is 2.21. The Hall–Kier alpha value is -1.38. The lowest BCUT2D eigenvalue weighted by Crippen LogP contribution is -2.24. The molecule has 0 aliphatic rings. The predicted molar refractivity (Wildman–Crippen MR) is 37.7 cm³/mol. The summed E-state index contributed by atoms with van der Waals surface area (Å²) in [5.74, 6) is -1.10. The van der Waals surface area contributed by atoms with Gasteiger partial charge in [-0.2, -0.15) is 0 Å². The van der Waals surface area contributed by atoms with E-state index in [1.807, 2.05) is 13.0 Å². The van der Waals surface area contributed by atoms with E-state index >= 15 is 0 Å². The van der Waals surface area contributed by atoms with Crippen LogP contribution >= 0.6 is 0 Å². The van der Waals surface area contributed by atoms with Crippen LogP contribution in [0.25, 0.3) is 0 Å². The van der Waals surface area contributed by atoms with E-state index in [1.54, 1.807) is 12.3 Å².